The number of nitrogens with one attached hydrogen (secondary N) is 1. The molecule has 0 aliphatic carbocycles. The fourth-order valence-corrected chi connectivity index (χ4v) is 1.33. The van der Waals surface area contributed by atoms with Crippen molar-refractivity contribution in [2.45, 2.75) is 12.5 Å². The molecule has 0 radical (unpaired) electrons. The first-order valence-electron chi connectivity index (χ1n) is 4.31. The molecule has 1 aliphatic heterocycles. The maximum absolute atomic E-state index is 11.3. The van der Waals surface area contributed by atoms with Crippen molar-refractivity contribution in [3.8, 4) is 0 Å². The average Bonchev–Trinajstić information content (AvgIpc) is 2.74. The molecule has 0 bridgehead atoms. The average molecular weight is 181 g/mol. The molecule has 70 valence electrons. The molecule has 2 rings (SSSR count). The van der Waals surface area contributed by atoms with E-state index >= 15 is 0 Å². The Hall–Kier alpha value is -1.29. The fourth-order valence-electron chi connectivity index (χ4n) is 1.33. The Bertz CT molecular complexity index is 275. The van der Waals surface area contributed by atoms with Crippen LogP contribution in [0.15, 0.2) is 22.8 Å². The van der Waals surface area contributed by atoms with Crippen LogP contribution in [0, 0.1) is 0 Å². The molecule has 1 fully saturated rings. The van der Waals surface area contributed by atoms with Gasteiger partial charge >= 0.3 is 5.97 Å². The van der Waals surface area contributed by atoms with E-state index in [0.717, 1.165) is 19.5 Å². The molecule has 1 aliphatic rings. The number of carbonyl (C=O) groups excluding carboxylic acids is 1. The normalized spacial score (nSPS) is 21.7. The van der Waals surface area contributed by atoms with Crippen molar-refractivity contribution in [2.75, 3.05) is 13.1 Å². The highest BCUT2D eigenvalue weighted by molar-refractivity contribution is 5.86. The van der Waals surface area contributed by atoms with Gasteiger partial charge in [0.1, 0.15) is 6.10 Å². The van der Waals surface area contributed by atoms with E-state index in [1.54, 1.807) is 12.1 Å². The van der Waals surface area contributed by atoms with Crippen LogP contribution in [0.25, 0.3) is 0 Å². The molecule has 1 aromatic rings. The second-order valence-corrected chi connectivity index (χ2v) is 3.00. The van der Waals surface area contributed by atoms with Gasteiger partial charge in [0.2, 0.25) is 5.76 Å². The maximum atomic E-state index is 11.3. The zero-order valence-corrected chi connectivity index (χ0v) is 7.16. The molecule has 0 aromatic carbocycles. The largest absolute Gasteiger partial charge is 0.457 e. The minimum absolute atomic E-state index is 0.00222. The summed E-state index contributed by atoms with van der Waals surface area (Å²) in [6.07, 6.45) is 2.34. The van der Waals surface area contributed by atoms with E-state index in [2.05, 4.69) is 5.32 Å². The van der Waals surface area contributed by atoms with E-state index in [0.29, 0.717) is 0 Å². The number of carbonyl (C=O) groups is 1. The molecule has 0 unspecified atom stereocenters. The van der Waals surface area contributed by atoms with E-state index in [1.807, 2.05) is 0 Å². The lowest BCUT2D eigenvalue weighted by Gasteiger charge is -2.08. The molecular weight excluding hydrogens is 170 g/mol. The molecular formula is C9H11NO3. The first-order chi connectivity index (χ1) is 6.36. The molecule has 4 heteroatoms. The number of esters is 1. The van der Waals surface area contributed by atoms with Crippen LogP contribution in [-0.2, 0) is 4.74 Å². The Balaban J connectivity index is 1.91. The van der Waals surface area contributed by atoms with E-state index in [9.17, 15) is 4.79 Å². The van der Waals surface area contributed by atoms with Gasteiger partial charge < -0.3 is 14.5 Å². The van der Waals surface area contributed by atoms with Crippen LogP contribution < -0.4 is 5.32 Å². The van der Waals surface area contributed by atoms with Crippen molar-refractivity contribution in [1.29, 1.82) is 0 Å². The third-order valence-corrected chi connectivity index (χ3v) is 2.01. The Morgan fingerprint density at radius 2 is 2.62 bits per heavy atom. The number of hydrogen-bond acceptors (Lipinski definition) is 4. The van der Waals surface area contributed by atoms with Crippen LogP contribution in [-0.4, -0.2) is 25.2 Å². The Morgan fingerprint density at radius 3 is 3.23 bits per heavy atom. The highest BCUT2D eigenvalue weighted by Gasteiger charge is 2.20. The lowest BCUT2D eigenvalue weighted by Crippen LogP contribution is -2.20. The van der Waals surface area contributed by atoms with Crippen LogP contribution >= 0.6 is 0 Å². The molecule has 0 saturated carbocycles. The third kappa shape index (κ3) is 1.89. The second-order valence-electron chi connectivity index (χ2n) is 3.00. The summed E-state index contributed by atoms with van der Waals surface area (Å²) in [5.41, 5.74) is 0. The van der Waals surface area contributed by atoms with Crippen molar-refractivity contribution in [3.63, 3.8) is 0 Å². The Morgan fingerprint density at radius 1 is 1.69 bits per heavy atom. The minimum atomic E-state index is -0.376. The van der Waals surface area contributed by atoms with E-state index in [-0.39, 0.29) is 17.8 Å². The van der Waals surface area contributed by atoms with Gasteiger partial charge in [0.05, 0.1) is 6.26 Å². The van der Waals surface area contributed by atoms with E-state index in [4.69, 9.17) is 9.15 Å². The zero-order valence-electron chi connectivity index (χ0n) is 7.16. The van der Waals surface area contributed by atoms with Crippen molar-refractivity contribution < 1.29 is 13.9 Å². The molecule has 1 N–H and O–H groups in total. The summed E-state index contributed by atoms with van der Waals surface area (Å²) < 4.78 is 10.1. The van der Waals surface area contributed by atoms with Gasteiger partial charge in [-0.05, 0) is 25.1 Å². The highest BCUT2D eigenvalue weighted by Crippen LogP contribution is 2.08. The second kappa shape index (κ2) is 3.62. The van der Waals surface area contributed by atoms with Gasteiger partial charge in [0, 0.05) is 6.54 Å². The molecule has 13 heavy (non-hydrogen) atoms. The SMILES string of the molecule is O=C(O[C@@H]1CCNC1)c1ccco1. The monoisotopic (exact) mass is 181 g/mol. The molecule has 1 aromatic heterocycles. The fraction of sp³-hybridized carbons (Fsp3) is 0.444. The van der Waals surface area contributed by atoms with Crippen LogP contribution in [0.2, 0.25) is 0 Å². The van der Waals surface area contributed by atoms with E-state index in [1.165, 1.54) is 6.26 Å². The highest BCUT2D eigenvalue weighted by atomic mass is 16.6. The van der Waals surface area contributed by atoms with Gasteiger partial charge in [-0.3, -0.25) is 0 Å². The summed E-state index contributed by atoms with van der Waals surface area (Å²) in [5.74, 6) is -0.106. The van der Waals surface area contributed by atoms with Gasteiger partial charge in [-0.1, -0.05) is 0 Å². The minimum Gasteiger partial charge on any atom is -0.457 e. The van der Waals surface area contributed by atoms with Gasteiger partial charge in [0.15, 0.2) is 0 Å². The summed E-state index contributed by atoms with van der Waals surface area (Å²) in [6.45, 7) is 1.66. The quantitative estimate of drug-likeness (QED) is 0.685. The maximum Gasteiger partial charge on any atom is 0.374 e. The summed E-state index contributed by atoms with van der Waals surface area (Å²) >= 11 is 0. The lowest BCUT2D eigenvalue weighted by atomic mass is 10.3. The number of furan rings is 1. The topological polar surface area (TPSA) is 51.5 Å². The molecule has 1 atom stereocenters. The summed E-state index contributed by atoms with van der Waals surface area (Å²) in [4.78, 5) is 11.3. The first kappa shape index (κ1) is 8.31. The molecule has 4 nitrogen and oxygen atoms in total. The van der Waals surface area contributed by atoms with Gasteiger partial charge in [-0.2, -0.15) is 0 Å². The van der Waals surface area contributed by atoms with Gasteiger partial charge in [-0.25, -0.2) is 4.79 Å². The Labute approximate surface area is 75.9 Å². The van der Waals surface area contributed by atoms with Crippen molar-refractivity contribution >= 4 is 5.97 Å². The smallest absolute Gasteiger partial charge is 0.374 e. The summed E-state index contributed by atoms with van der Waals surface area (Å²) in [6, 6.07) is 3.27. The van der Waals surface area contributed by atoms with Gasteiger partial charge in [-0.15, -0.1) is 0 Å². The van der Waals surface area contributed by atoms with Crippen molar-refractivity contribution in [1.82, 2.24) is 5.32 Å². The van der Waals surface area contributed by atoms with Gasteiger partial charge in [0.25, 0.3) is 0 Å². The lowest BCUT2D eigenvalue weighted by molar-refractivity contribution is 0.0308. The Kier molecular flexibility index (Phi) is 2.31. The number of hydrogen-bond donors (Lipinski definition) is 1. The number of rotatable bonds is 2. The molecule has 2 heterocycles. The molecule has 1 saturated heterocycles. The first-order valence-corrected chi connectivity index (χ1v) is 4.31. The van der Waals surface area contributed by atoms with Crippen LogP contribution in [0.4, 0.5) is 0 Å². The summed E-state index contributed by atoms with van der Waals surface area (Å²) in [5, 5.41) is 3.12. The molecule has 0 amide bonds. The van der Waals surface area contributed by atoms with Crippen LogP contribution in [0.5, 0.6) is 0 Å². The predicted octanol–water partition coefficient (Wildman–Crippen LogP) is 0.798. The number of ether oxygens (including phenoxy) is 1. The van der Waals surface area contributed by atoms with Crippen LogP contribution in [0.1, 0.15) is 17.0 Å². The summed E-state index contributed by atoms with van der Waals surface area (Å²) in [7, 11) is 0. The zero-order chi connectivity index (χ0) is 9.10. The van der Waals surface area contributed by atoms with Crippen LogP contribution in [0.3, 0.4) is 0 Å². The third-order valence-electron chi connectivity index (χ3n) is 2.01. The van der Waals surface area contributed by atoms with Crippen molar-refractivity contribution in [3.05, 3.63) is 24.2 Å². The standard InChI is InChI=1S/C9H11NO3/c11-9(8-2-1-5-12-8)13-7-3-4-10-6-7/h1-2,5,7,10H,3-4,6H2/t7-/m1/s1. The molecule has 0 spiro atoms. The van der Waals surface area contributed by atoms with Crippen molar-refractivity contribution in [2.24, 2.45) is 0 Å². The predicted molar refractivity (Wildman–Crippen MR) is 45.4 cm³/mol. The van der Waals surface area contributed by atoms with E-state index < -0.39 is 0 Å².